The lowest BCUT2D eigenvalue weighted by Gasteiger charge is -2.44. The maximum absolute atomic E-state index is 13.8. The van der Waals surface area contributed by atoms with Crippen LogP contribution in [0.25, 0.3) is 0 Å². The van der Waals surface area contributed by atoms with E-state index in [1.807, 2.05) is 19.1 Å². The maximum Gasteiger partial charge on any atom is 0.338 e. The Morgan fingerprint density at radius 1 is 1.36 bits per heavy atom. The predicted octanol–water partition coefficient (Wildman–Crippen LogP) is 3.69. The summed E-state index contributed by atoms with van der Waals surface area (Å²) in [5.74, 6) is -0.374. The molecule has 0 aromatic heterocycles. The molecule has 0 amide bonds. The molecule has 1 unspecified atom stereocenters. The van der Waals surface area contributed by atoms with E-state index in [-0.39, 0.29) is 12.0 Å². The highest BCUT2D eigenvalue weighted by atomic mass is 32.2. The second-order valence-corrected chi connectivity index (χ2v) is 8.09. The molecule has 0 saturated carbocycles. The molecule has 1 aromatic carbocycles. The highest BCUT2D eigenvalue weighted by Gasteiger charge is 2.34. The van der Waals surface area contributed by atoms with Gasteiger partial charge >= 0.3 is 5.97 Å². The number of halogens is 1. The van der Waals surface area contributed by atoms with Crippen LogP contribution in [0.1, 0.15) is 25.8 Å². The number of morpholine rings is 1. The molecule has 28 heavy (non-hydrogen) atoms. The van der Waals surface area contributed by atoms with E-state index in [9.17, 15) is 14.3 Å². The maximum atomic E-state index is 13.8. The van der Waals surface area contributed by atoms with Gasteiger partial charge in [0.2, 0.25) is 0 Å². The zero-order valence-electron chi connectivity index (χ0n) is 16.4. The molecule has 152 valence electrons. The van der Waals surface area contributed by atoms with Crippen molar-refractivity contribution >= 4 is 17.7 Å². The number of rotatable bonds is 7. The van der Waals surface area contributed by atoms with E-state index in [2.05, 4.69) is 16.7 Å². The molecule has 3 rings (SSSR count). The van der Waals surface area contributed by atoms with Crippen molar-refractivity contribution in [3.05, 3.63) is 57.9 Å². The highest BCUT2D eigenvalue weighted by Crippen LogP contribution is 2.37. The summed E-state index contributed by atoms with van der Waals surface area (Å²) in [5.41, 5.74) is 1.95. The van der Waals surface area contributed by atoms with E-state index in [0.717, 1.165) is 41.4 Å². The molecule has 0 aliphatic carbocycles. The monoisotopic (exact) mass is 406 g/mol. The second-order valence-electron chi connectivity index (χ2n) is 7.00. The van der Waals surface area contributed by atoms with Crippen molar-refractivity contribution in [1.82, 2.24) is 9.80 Å². The quantitative estimate of drug-likeness (QED) is 0.745. The Balaban J connectivity index is 2.02. The summed E-state index contributed by atoms with van der Waals surface area (Å²) < 4.78 is 19.3. The number of carbonyl (C=O) groups is 1. The molecule has 1 N–H and O–H groups in total. The number of hydrogen-bond donors (Lipinski definition) is 1. The second kappa shape index (κ2) is 9.58. The van der Waals surface area contributed by atoms with E-state index >= 15 is 0 Å². The third kappa shape index (κ3) is 4.77. The molecule has 5 nitrogen and oxygen atoms in total. The van der Waals surface area contributed by atoms with Crippen LogP contribution in [-0.2, 0) is 16.1 Å². The fraction of sp³-hybridized carbons (Fsp3) is 0.476. The van der Waals surface area contributed by atoms with E-state index < -0.39 is 5.97 Å². The third-order valence-corrected chi connectivity index (χ3v) is 6.23. The molecule has 1 aromatic rings. The molecule has 0 radical (unpaired) electrons. The summed E-state index contributed by atoms with van der Waals surface area (Å²) in [6.07, 6.45) is 2.89. The van der Waals surface area contributed by atoms with Crippen LogP contribution >= 0.6 is 11.8 Å². The lowest BCUT2D eigenvalue weighted by molar-refractivity contribution is -0.132. The van der Waals surface area contributed by atoms with Gasteiger partial charge in [-0.2, -0.15) is 0 Å². The third-order valence-electron chi connectivity index (χ3n) is 4.91. The smallest absolute Gasteiger partial charge is 0.338 e. The number of thioether (sulfide) groups is 1. The Bertz CT molecular complexity index is 775. The minimum Gasteiger partial charge on any atom is -0.478 e. The van der Waals surface area contributed by atoms with Crippen LogP contribution in [0, 0.1) is 5.82 Å². The van der Waals surface area contributed by atoms with Gasteiger partial charge in [0, 0.05) is 19.6 Å². The Kier molecular flexibility index (Phi) is 7.15. The van der Waals surface area contributed by atoms with E-state index in [0.29, 0.717) is 25.3 Å². The normalized spacial score (nSPS) is 21.0. The van der Waals surface area contributed by atoms with Gasteiger partial charge in [-0.15, -0.1) is 11.8 Å². The molecule has 2 aliphatic heterocycles. The summed E-state index contributed by atoms with van der Waals surface area (Å²) in [4.78, 5) is 16.5. The van der Waals surface area contributed by atoms with Gasteiger partial charge in [-0.1, -0.05) is 19.1 Å². The Hall–Kier alpha value is -1.83. The molecular weight excluding hydrogens is 379 g/mol. The fourth-order valence-electron chi connectivity index (χ4n) is 3.59. The van der Waals surface area contributed by atoms with Crippen molar-refractivity contribution in [1.29, 1.82) is 0 Å². The Labute approximate surface area is 169 Å². The van der Waals surface area contributed by atoms with Gasteiger partial charge in [-0.25, -0.2) is 9.18 Å². The topological polar surface area (TPSA) is 53.0 Å². The molecule has 7 heteroatoms. The molecule has 0 spiro atoms. The van der Waals surface area contributed by atoms with Crippen molar-refractivity contribution in [3.8, 4) is 0 Å². The van der Waals surface area contributed by atoms with Crippen LogP contribution < -0.4 is 0 Å². The Morgan fingerprint density at radius 2 is 2.11 bits per heavy atom. The number of carboxylic acid groups (broad SMARTS) is 1. The van der Waals surface area contributed by atoms with Gasteiger partial charge < -0.3 is 14.7 Å². The summed E-state index contributed by atoms with van der Waals surface area (Å²) in [6.45, 7) is 7.27. The number of hydrogen-bond acceptors (Lipinski definition) is 5. The number of nitrogens with zero attached hydrogens (tertiary/aromatic N) is 2. The number of benzene rings is 1. The summed E-state index contributed by atoms with van der Waals surface area (Å²) >= 11 is 1.57. The molecule has 0 bridgehead atoms. The number of ether oxygens (including phenoxy) is 1. The number of carboxylic acids is 1. The molecule has 1 saturated heterocycles. The van der Waals surface area contributed by atoms with Crippen molar-refractivity contribution < 1.29 is 19.0 Å². The van der Waals surface area contributed by atoms with Crippen LogP contribution in [-0.4, -0.2) is 59.1 Å². The first kappa shape index (κ1) is 20.9. The molecule has 1 atom stereocenters. The lowest BCUT2D eigenvalue weighted by Crippen LogP contribution is -2.52. The molecule has 1 fully saturated rings. The van der Waals surface area contributed by atoms with Gasteiger partial charge in [-0.05, 0) is 48.4 Å². The van der Waals surface area contributed by atoms with Gasteiger partial charge in [0.05, 0.1) is 23.8 Å². The van der Waals surface area contributed by atoms with Crippen LogP contribution in [0.3, 0.4) is 0 Å². The van der Waals surface area contributed by atoms with Crippen LogP contribution in [0.4, 0.5) is 4.39 Å². The van der Waals surface area contributed by atoms with Crippen molar-refractivity contribution in [2.24, 2.45) is 0 Å². The van der Waals surface area contributed by atoms with Gasteiger partial charge in [0.15, 0.2) is 0 Å². The zero-order valence-corrected chi connectivity index (χ0v) is 17.2. The highest BCUT2D eigenvalue weighted by molar-refractivity contribution is 8.03. The molecular formula is C21H27FN2O3S. The first-order valence-corrected chi connectivity index (χ1v) is 10.6. The van der Waals surface area contributed by atoms with E-state index in [1.54, 1.807) is 17.8 Å². The summed E-state index contributed by atoms with van der Waals surface area (Å²) in [7, 11) is 0. The summed E-state index contributed by atoms with van der Waals surface area (Å²) in [5, 5.41) is 10.6. The first-order chi connectivity index (χ1) is 13.5. The minimum absolute atomic E-state index is 0.0744. The first-order valence-electron chi connectivity index (χ1n) is 9.63. The van der Waals surface area contributed by atoms with Crippen LogP contribution in [0.2, 0.25) is 0 Å². The molecule has 2 heterocycles. The molecule has 2 aliphatic rings. The van der Waals surface area contributed by atoms with Crippen molar-refractivity contribution in [2.75, 3.05) is 32.1 Å². The zero-order chi connectivity index (χ0) is 20.1. The largest absolute Gasteiger partial charge is 0.478 e. The van der Waals surface area contributed by atoms with E-state index in [1.165, 1.54) is 12.1 Å². The SMILES string of the molecule is CCCSC1=C(C(=O)O)C(C)=CC(N2CCOCC2)N1Cc1cccc(F)c1. The minimum atomic E-state index is -0.919. The van der Waals surface area contributed by atoms with E-state index in [4.69, 9.17) is 4.74 Å². The average Bonchev–Trinajstić information content (AvgIpc) is 2.68. The Morgan fingerprint density at radius 3 is 2.75 bits per heavy atom. The van der Waals surface area contributed by atoms with Crippen molar-refractivity contribution in [2.45, 2.75) is 33.0 Å². The van der Waals surface area contributed by atoms with Crippen molar-refractivity contribution in [3.63, 3.8) is 0 Å². The number of aliphatic carboxylic acids is 1. The fourth-order valence-corrected chi connectivity index (χ4v) is 4.71. The lowest BCUT2D eigenvalue weighted by atomic mass is 10.0. The van der Waals surface area contributed by atoms with Crippen LogP contribution in [0.15, 0.2) is 46.5 Å². The van der Waals surface area contributed by atoms with Gasteiger partial charge in [0.25, 0.3) is 0 Å². The van der Waals surface area contributed by atoms with Crippen LogP contribution in [0.5, 0.6) is 0 Å². The predicted molar refractivity (Wildman–Crippen MR) is 109 cm³/mol. The summed E-state index contributed by atoms with van der Waals surface area (Å²) in [6, 6.07) is 6.52. The average molecular weight is 407 g/mol. The van der Waals surface area contributed by atoms with Gasteiger partial charge in [-0.3, -0.25) is 4.90 Å². The van der Waals surface area contributed by atoms with Gasteiger partial charge in [0.1, 0.15) is 12.0 Å². The standard InChI is InChI=1S/C21H27FN2O3S/c1-3-11-28-20-19(21(25)26)15(2)12-18(23-7-9-27-10-8-23)24(20)14-16-5-4-6-17(22)13-16/h4-6,12-13,18H,3,7-11,14H2,1-2H3,(H,25,26).